The molecule has 0 amide bonds. The largest absolute Gasteiger partial charge is 0.388 e. The second kappa shape index (κ2) is 7.28. The fourth-order valence-electron chi connectivity index (χ4n) is 1.97. The molecule has 5 heteroatoms. The van der Waals surface area contributed by atoms with Crippen LogP contribution < -0.4 is 10.6 Å². The van der Waals surface area contributed by atoms with Crippen LogP contribution in [0.5, 0.6) is 0 Å². The van der Waals surface area contributed by atoms with E-state index < -0.39 is 5.60 Å². The van der Waals surface area contributed by atoms with Gasteiger partial charge in [0.25, 0.3) is 0 Å². The number of aliphatic hydroxyl groups is 1. The summed E-state index contributed by atoms with van der Waals surface area (Å²) >= 11 is 0. The molecule has 0 radical (unpaired) electrons. The summed E-state index contributed by atoms with van der Waals surface area (Å²) in [7, 11) is 0. The summed E-state index contributed by atoms with van der Waals surface area (Å²) in [6.07, 6.45) is 3.85. The highest BCUT2D eigenvalue weighted by Gasteiger charge is 2.22. The Labute approximate surface area is 115 Å². The van der Waals surface area contributed by atoms with Crippen LogP contribution in [-0.4, -0.2) is 33.8 Å². The number of hydrogen-bond acceptors (Lipinski definition) is 5. The van der Waals surface area contributed by atoms with Crippen LogP contribution >= 0.6 is 0 Å². The number of hydrogen-bond donors (Lipinski definition) is 3. The van der Waals surface area contributed by atoms with Gasteiger partial charge in [-0.05, 0) is 26.2 Å². The zero-order chi connectivity index (χ0) is 14.3. The molecule has 0 saturated heterocycles. The lowest BCUT2D eigenvalue weighted by atomic mass is 9.97. The van der Waals surface area contributed by atoms with Crippen molar-refractivity contribution >= 4 is 11.6 Å². The molecule has 0 aliphatic carbocycles. The van der Waals surface area contributed by atoms with Crippen molar-refractivity contribution in [3.05, 3.63) is 11.9 Å². The first-order valence-corrected chi connectivity index (χ1v) is 7.14. The van der Waals surface area contributed by atoms with E-state index in [1.807, 2.05) is 20.8 Å². The van der Waals surface area contributed by atoms with Gasteiger partial charge in [-0.25, -0.2) is 9.97 Å². The number of nitrogens with one attached hydrogen (secondary N) is 2. The highest BCUT2D eigenvalue weighted by Crippen LogP contribution is 2.22. The maximum absolute atomic E-state index is 10.3. The molecule has 5 nitrogen and oxygen atoms in total. The van der Waals surface area contributed by atoms with Crippen LogP contribution in [0.15, 0.2) is 6.33 Å². The van der Waals surface area contributed by atoms with E-state index in [1.165, 1.54) is 0 Å². The van der Waals surface area contributed by atoms with Gasteiger partial charge in [0.2, 0.25) is 0 Å². The fourth-order valence-corrected chi connectivity index (χ4v) is 1.97. The highest BCUT2D eigenvalue weighted by molar-refractivity contribution is 5.57. The minimum absolute atomic E-state index is 0.510. The Kier molecular flexibility index (Phi) is 6.02. The van der Waals surface area contributed by atoms with Gasteiger partial charge >= 0.3 is 0 Å². The van der Waals surface area contributed by atoms with Crippen molar-refractivity contribution in [3.8, 4) is 0 Å². The van der Waals surface area contributed by atoms with Gasteiger partial charge in [-0.1, -0.05) is 20.8 Å². The van der Waals surface area contributed by atoms with E-state index >= 15 is 0 Å². The van der Waals surface area contributed by atoms with Crippen LogP contribution in [0.3, 0.4) is 0 Å². The van der Waals surface area contributed by atoms with Gasteiger partial charge in [0.1, 0.15) is 18.0 Å². The SMILES string of the molecule is CCNc1ncnc(NCC(O)(CC)CC)c1CC. The zero-order valence-corrected chi connectivity index (χ0v) is 12.5. The summed E-state index contributed by atoms with van der Waals surface area (Å²) in [5.74, 6) is 1.69. The van der Waals surface area contributed by atoms with Crippen molar-refractivity contribution in [3.63, 3.8) is 0 Å². The molecule has 0 unspecified atom stereocenters. The normalized spacial score (nSPS) is 11.4. The van der Waals surface area contributed by atoms with Crippen LogP contribution in [0.25, 0.3) is 0 Å². The minimum Gasteiger partial charge on any atom is -0.388 e. The molecule has 108 valence electrons. The molecule has 3 N–H and O–H groups in total. The molecule has 0 atom stereocenters. The summed E-state index contributed by atoms with van der Waals surface area (Å²) in [4.78, 5) is 8.55. The summed E-state index contributed by atoms with van der Waals surface area (Å²) in [6, 6.07) is 0. The van der Waals surface area contributed by atoms with Gasteiger partial charge in [0.05, 0.1) is 5.60 Å². The minimum atomic E-state index is -0.672. The smallest absolute Gasteiger partial charge is 0.134 e. The molecule has 0 fully saturated rings. The lowest BCUT2D eigenvalue weighted by Crippen LogP contribution is -2.35. The fraction of sp³-hybridized carbons (Fsp3) is 0.714. The van der Waals surface area contributed by atoms with E-state index in [-0.39, 0.29) is 0 Å². The topological polar surface area (TPSA) is 70.1 Å². The number of aromatic nitrogens is 2. The lowest BCUT2D eigenvalue weighted by Gasteiger charge is -2.26. The van der Waals surface area contributed by atoms with E-state index in [0.717, 1.165) is 43.0 Å². The van der Waals surface area contributed by atoms with Crippen molar-refractivity contribution in [2.75, 3.05) is 23.7 Å². The monoisotopic (exact) mass is 266 g/mol. The predicted molar refractivity (Wildman–Crippen MR) is 79.6 cm³/mol. The Hall–Kier alpha value is -1.36. The quantitative estimate of drug-likeness (QED) is 0.674. The predicted octanol–water partition coefficient (Wildman–Crippen LogP) is 2.43. The Morgan fingerprint density at radius 3 is 2.11 bits per heavy atom. The molecule has 0 aliphatic heterocycles. The van der Waals surface area contributed by atoms with Gasteiger partial charge in [-0.15, -0.1) is 0 Å². The molecule has 0 saturated carbocycles. The number of rotatable bonds is 8. The average molecular weight is 266 g/mol. The van der Waals surface area contributed by atoms with E-state index in [1.54, 1.807) is 6.33 Å². The third-order valence-electron chi connectivity index (χ3n) is 3.54. The maximum atomic E-state index is 10.3. The van der Waals surface area contributed by atoms with E-state index in [0.29, 0.717) is 6.54 Å². The second-order valence-electron chi connectivity index (χ2n) is 4.72. The van der Waals surface area contributed by atoms with Crippen molar-refractivity contribution < 1.29 is 5.11 Å². The Balaban J connectivity index is 2.86. The van der Waals surface area contributed by atoms with E-state index in [2.05, 4.69) is 27.5 Å². The number of nitrogens with zero attached hydrogens (tertiary/aromatic N) is 2. The van der Waals surface area contributed by atoms with Crippen molar-refractivity contribution in [1.29, 1.82) is 0 Å². The van der Waals surface area contributed by atoms with E-state index in [4.69, 9.17) is 0 Å². The van der Waals surface area contributed by atoms with Crippen molar-refractivity contribution in [2.24, 2.45) is 0 Å². The molecule has 1 aromatic rings. The first-order valence-electron chi connectivity index (χ1n) is 7.14. The first-order chi connectivity index (χ1) is 9.10. The number of anilines is 2. The Bertz CT molecular complexity index is 391. The molecule has 1 rings (SSSR count). The molecule has 0 aromatic carbocycles. The lowest BCUT2D eigenvalue weighted by molar-refractivity contribution is 0.0456. The molecule has 0 spiro atoms. The summed E-state index contributed by atoms with van der Waals surface area (Å²) in [5.41, 5.74) is 0.396. The van der Waals surface area contributed by atoms with Crippen LogP contribution in [0, 0.1) is 0 Å². The molecule has 1 aromatic heterocycles. The molecule has 1 heterocycles. The van der Waals surface area contributed by atoms with Gasteiger partial charge in [0.15, 0.2) is 0 Å². The zero-order valence-electron chi connectivity index (χ0n) is 12.5. The molecule has 0 bridgehead atoms. The third-order valence-corrected chi connectivity index (χ3v) is 3.54. The van der Waals surface area contributed by atoms with Crippen molar-refractivity contribution in [1.82, 2.24) is 9.97 Å². The van der Waals surface area contributed by atoms with Gasteiger partial charge in [0, 0.05) is 18.7 Å². The average Bonchev–Trinajstić information content (AvgIpc) is 2.45. The summed E-state index contributed by atoms with van der Waals surface area (Å²) in [6.45, 7) is 9.46. The van der Waals surface area contributed by atoms with Crippen LogP contribution in [0.1, 0.15) is 46.1 Å². The third kappa shape index (κ3) is 4.06. The molecule has 19 heavy (non-hydrogen) atoms. The first kappa shape index (κ1) is 15.7. The standard InChI is InChI=1S/C14H26N4O/c1-5-11-12(15-8-4)17-10-18-13(11)16-9-14(19,6-2)7-3/h10,19H,5-9H2,1-4H3,(H2,15,16,17,18). The van der Waals surface area contributed by atoms with Gasteiger partial charge in [-0.3, -0.25) is 0 Å². The summed E-state index contributed by atoms with van der Waals surface area (Å²) < 4.78 is 0. The van der Waals surface area contributed by atoms with Crippen molar-refractivity contribution in [2.45, 2.75) is 52.6 Å². The van der Waals surface area contributed by atoms with Gasteiger partial charge in [-0.2, -0.15) is 0 Å². The summed E-state index contributed by atoms with van der Waals surface area (Å²) in [5, 5.41) is 16.8. The highest BCUT2D eigenvalue weighted by atomic mass is 16.3. The van der Waals surface area contributed by atoms with Crippen LogP contribution in [0.2, 0.25) is 0 Å². The Morgan fingerprint density at radius 2 is 1.63 bits per heavy atom. The molecule has 0 aliphatic rings. The van der Waals surface area contributed by atoms with E-state index in [9.17, 15) is 5.11 Å². The molecular formula is C14H26N4O. The maximum Gasteiger partial charge on any atom is 0.134 e. The molecular weight excluding hydrogens is 240 g/mol. The van der Waals surface area contributed by atoms with Crippen LogP contribution in [0.4, 0.5) is 11.6 Å². The Morgan fingerprint density at radius 1 is 1.05 bits per heavy atom. The van der Waals surface area contributed by atoms with Crippen LogP contribution in [-0.2, 0) is 6.42 Å². The second-order valence-corrected chi connectivity index (χ2v) is 4.72. The van der Waals surface area contributed by atoms with Gasteiger partial charge < -0.3 is 15.7 Å².